The summed E-state index contributed by atoms with van der Waals surface area (Å²) in [4.78, 5) is 42.0. The molecule has 9 nitrogen and oxygen atoms in total. The summed E-state index contributed by atoms with van der Waals surface area (Å²) in [6, 6.07) is 9.06. The molecule has 2 aliphatic rings. The van der Waals surface area contributed by atoms with Gasteiger partial charge in [0.05, 0.1) is 17.9 Å². The second kappa shape index (κ2) is 9.91. The number of carbonyl (C=O) groups excluding carboxylic acids is 3. The molecule has 0 saturated carbocycles. The van der Waals surface area contributed by atoms with E-state index >= 15 is 0 Å². The van der Waals surface area contributed by atoms with Crippen molar-refractivity contribution in [2.24, 2.45) is 0 Å². The van der Waals surface area contributed by atoms with Crippen LogP contribution in [0.1, 0.15) is 40.0 Å². The number of rotatable bonds is 6. The van der Waals surface area contributed by atoms with Crippen LogP contribution in [-0.4, -0.2) is 67.7 Å². The molecule has 1 N–H and O–H groups in total. The first kappa shape index (κ1) is 22.6. The Hall–Kier alpha value is -3.59. The second-order valence-corrected chi connectivity index (χ2v) is 7.90. The number of anilines is 1. The highest BCUT2D eigenvalue weighted by Gasteiger charge is 2.33. The highest BCUT2D eigenvalue weighted by Crippen LogP contribution is 2.42. The average molecular weight is 454 g/mol. The second-order valence-electron chi connectivity index (χ2n) is 7.90. The molecule has 9 heteroatoms. The predicted molar refractivity (Wildman–Crippen MR) is 119 cm³/mol. The number of phenolic OH excluding ortho intramolecular Hbond substituents is 1. The summed E-state index contributed by atoms with van der Waals surface area (Å²) >= 11 is 0. The summed E-state index contributed by atoms with van der Waals surface area (Å²) in [7, 11) is 1.50. The molecule has 0 unspecified atom stereocenters. The van der Waals surface area contributed by atoms with E-state index in [2.05, 4.69) is 0 Å². The van der Waals surface area contributed by atoms with E-state index in [1.54, 1.807) is 23.1 Å². The van der Waals surface area contributed by atoms with E-state index in [1.807, 2.05) is 0 Å². The summed E-state index contributed by atoms with van der Waals surface area (Å²) in [5.41, 5.74) is 0.415. The molecule has 1 fully saturated rings. The molecule has 0 bridgehead atoms. The van der Waals surface area contributed by atoms with Gasteiger partial charge in [0, 0.05) is 20.2 Å². The van der Waals surface area contributed by atoms with E-state index in [9.17, 15) is 19.5 Å². The van der Waals surface area contributed by atoms with Gasteiger partial charge in [-0.2, -0.15) is 0 Å². The Morgan fingerprint density at radius 3 is 2.61 bits per heavy atom. The van der Waals surface area contributed by atoms with Crippen LogP contribution in [0.15, 0.2) is 36.4 Å². The summed E-state index contributed by atoms with van der Waals surface area (Å²) in [6.07, 6.45) is 2.90. The number of carbonyl (C=O) groups is 3. The van der Waals surface area contributed by atoms with E-state index in [0.717, 1.165) is 19.3 Å². The third-order valence-corrected chi connectivity index (χ3v) is 5.69. The molecule has 2 aromatic rings. The number of phenols is 1. The Bertz CT molecular complexity index is 1060. The molecule has 0 atom stereocenters. The normalized spacial score (nSPS) is 15.2. The zero-order valence-electron chi connectivity index (χ0n) is 18.4. The van der Waals surface area contributed by atoms with Crippen LogP contribution in [0.3, 0.4) is 0 Å². The maximum absolute atomic E-state index is 13.5. The van der Waals surface area contributed by atoms with Crippen molar-refractivity contribution < 1.29 is 33.7 Å². The molecular weight excluding hydrogens is 428 g/mol. The number of fused-ring (bicyclic) bond motifs is 2. The van der Waals surface area contributed by atoms with E-state index < -0.39 is 11.9 Å². The van der Waals surface area contributed by atoms with Crippen molar-refractivity contribution in [2.45, 2.75) is 19.3 Å². The van der Waals surface area contributed by atoms with Crippen molar-refractivity contribution in [3.63, 3.8) is 0 Å². The fourth-order valence-electron chi connectivity index (χ4n) is 3.96. The molecule has 174 valence electrons. The summed E-state index contributed by atoms with van der Waals surface area (Å²) in [6.45, 7) is 1.36. The smallest absolute Gasteiger partial charge is 0.338 e. The van der Waals surface area contributed by atoms with Gasteiger partial charge in [0.25, 0.3) is 5.91 Å². The highest BCUT2D eigenvalue weighted by atomic mass is 16.6. The lowest BCUT2D eigenvalue weighted by atomic mass is 10.1. The van der Waals surface area contributed by atoms with Crippen molar-refractivity contribution in [1.29, 1.82) is 0 Å². The number of amides is 2. The van der Waals surface area contributed by atoms with Gasteiger partial charge < -0.3 is 24.2 Å². The largest absolute Gasteiger partial charge is 0.507 e. The summed E-state index contributed by atoms with van der Waals surface area (Å²) in [5, 5.41) is 10.4. The Balaban J connectivity index is 1.71. The van der Waals surface area contributed by atoms with Crippen LogP contribution in [-0.2, 0) is 14.3 Å². The lowest BCUT2D eigenvalue weighted by Crippen LogP contribution is -2.44. The highest BCUT2D eigenvalue weighted by molar-refractivity contribution is 6.13. The van der Waals surface area contributed by atoms with E-state index in [4.69, 9.17) is 14.2 Å². The number of likely N-dealkylation sites (tertiary alicyclic amines) is 1. The maximum atomic E-state index is 13.5. The van der Waals surface area contributed by atoms with Gasteiger partial charge in [0.15, 0.2) is 5.75 Å². The molecule has 0 spiro atoms. The molecule has 4 rings (SSSR count). The zero-order chi connectivity index (χ0) is 23.4. The third kappa shape index (κ3) is 4.78. The standard InChI is InChI=1S/C24H26N2O7/c1-31-12-13-32-24(30)16-8-9-19-17(14-16)26(15-21(28)25-10-3-2-4-11-25)23(29)22-18(27)6-5-7-20(22)33-19/h5-9,14,27H,2-4,10-13,15H2,1H3. The molecular formula is C24H26N2O7. The van der Waals surface area contributed by atoms with Crippen LogP contribution in [0.5, 0.6) is 17.2 Å². The molecule has 2 aromatic carbocycles. The maximum Gasteiger partial charge on any atom is 0.338 e. The van der Waals surface area contributed by atoms with Gasteiger partial charge in [-0.3, -0.25) is 14.5 Å². The molecule has 0 radical (unpaired) electrons. The van der Waals surface area contributed by atoms with Crippen molar-refractivity contribution in [1.82, 2.24) is 4.90 Å². The predicted octanol–water partition coefficient (Wildman–Crippen LogP) is 2.96. The number of benzene rings is 2. The van der Waals surface area contributed by atoms with Crippen LogP contribution < -0.4 is 9.64 Å². The number of hydrogen-bond donors (Lipinski definition) is 1. The minimum atomic E-state index is -0.589. The first-order valence-electron chi connectivity index (χ1n) is 10.9. The Morgan fingerprint density at radius 2 is 1.85 bits per heavy atom. The fourth-order valence-corrected chi connectivity index (χ4v) is 3.96. The van der Waals surface area contributed by atoms with Crippen molar-refractivity contribution in [3.8, 4) is 17.2 Å². The average Bonchev–Trinajstić information content (AvgIpc) is 2.94. The summed E-state index contributed by atoms with van der Waals surface area (Å²) < 4.78 is 16.0. The third-order valence-electron chi connectivity index (χ3n) is 5.69. The van der Waals surface area contributed by atoms with Gasteiger partial charge in [-0.05, 0) is 49.6 Å². The van der Waals surface area contributed by atoms with E-state index in [0.29, 0.717) is 13.1 Å². The quantitative estimate of drug-likeness (QED) is 0.528. The first-order chi connectivity index (χ1) is 16.0. The van der Waals surface area contributed by atoms with Crippen LogP contribution >= 0.6 is 0 Å². The van der Waals surface area contributed by atoms with Crippen molar-refractivity contribution in [3.05, 3.63) is 47.5 Å². The molecule has 2 aliphatic heterocycles. The van der Waals surface area contributed by atoms with Gasteiger partial charge in [-0.15, -0.1) is 0 Å². The monoisotopic (exact) mass is 454 g/mol. The Labute approximate surface area is 191 Å². The van der Waals surface area contributed by atoms with Crippen LogP contribution in [0.25, 0.3) is 0 Å². The topological polar surface area (TPSA) is 106 Å². The summed E-state index contributed by atoms with van der Waals surface area (Å²) in [5.74, 6) is -1.18. The number of ether oxygens (including phenoxy) is 3. The number of hydrogen-bond acceptors (Lipinski definition) is 7. The van der Waals surface area contributed by atoms with Gasteiger partial charge in [0.2, 0.25) is 5.91 Å². The lowest BCUT2D eigenvalue weighted by molar-refractivity contribution is -0.130. The van der Waals surface area contributed by atoms with Gasteiger partial charge in [-0.1, -0.05) is 6.07 Å². The van der Waals surface area contributed by atoms with Gasteiger partial charge in [-0.25, -0.2) is 4.79 Å². The first-order valence-corrected chi connectivity index (χ1v) is 10.9. The number of aromatic hydroxyl groups is 1. The molecule has 2 amide bonds. The molecule has 33 heavy (non-hydrogen) atoms. The lowest BCUT2D eigenvalue weighted by Gasteiger charge is -2.30. The molecule has 0 aliphatic carbocycles. The number of piperidine rings is 1. The van der Waals surface area contributed by atoms with Crippen molar-refractivity contribution in [2.75, 3.05) is 44.9 Å². The minimum absolute atomic E-state index is 0.0376. The van der Waals surface area contributed by atoms with Gasteiger partial charge >= 0.3 is 5.97 Å². The van der Waals surface area contributed by atoms with E-state index in [-0.39, 0.29) is 59.7 Å². The molecule has 2 heterocycles. The Kier molecular flexibility index (Phi) is 6.79. The van der Waals surface area contributed by atoms with Crippen LogP contribution in [0, 0.1) is 0 Å². The number of methoxy groups -OCH3 is 1. The Morgan fingerprint density at radius 1 is 1.06 bits per heavy atom. The molecule has 0 aromatic heterocycles. The zero-order valence-corrected chi connectivity index (χ0v) is 18.4. The number of esters is 1. The minimum Gasteiger partial charge on any atom is -0.507 e. The van der Waals surface area contributed by atoms with Crippen LogP contribution in [0.2, 0.25) is 0 Å². The SMILES string of the molecule is COCCOC(=O)c1ccc2c(c1)N(CC(=O)N1CCCCC1)C(=O)c1c(O)cccc1O2. The van der Waals surface area contributed by atoms with Crippen LogP contribution in [0.4, 0.5) is 5.69 Å². The van der Waals surface area contributed by atoms with E-state index in [1.165, 1.54) is 30.2 Å². The fraction of sp³-hybridized carbons (Fsp3) is 0.375. The van der Waals surface area contributed by atoms with Crippen molar-refractivity contribution >= 4 is 23.5 Å². The van der Waals surface area contributed by atoms with Gasteiger partial charge in [0.1, 0.15) is 30.2 Å². The number of nitrogens with zero attached hydrogens (tertiary/aromatic N) is 2. The molecule has 1 saturated heterocycles.